The van der Waals surface area contributed by atoms with E-state index in [0.717, 1.165) is 4.90 Å². The van der Waals surface area contributed by atoms with Crippen LogP contribution in [0.15, 0.2) is 30.3 Å². The highest BCUT2D eigenvalue weighted by Gasteiger charge is 2.41. The second kappa shape index (κ2) is 9.60. The third kappa shape index (κ3) is 6.20. The molecular weight excluding hydrogens is 390 g/mol. The van der Waals surface area contributed by atoms with Crippen LogP contribution in [0.1, 0.15) is 37.6 Å². The Bertz CT molecular complexity index is 790. The maximum Gasteiger partial charge on any atom is 0.410 e. The molecule has 9 heteroatoms. The molecule has 0 aromatic heterocycles. The maximum atomic E-state index is 12.8. The topological polar surface area (TPSA) is 105 Å². The highest BCUT2D eigenvalue weighted by molar-refractivity contribution is 5.94. The van der Waals surface area contributed by atoms with Gasteiger partial charge < -0.3 is 24.6 Å². The molecule has 1 N–H and O–H groups in total. The van der Waals surface area contributed by atoms with Gasteiger partial charge in [0.2, 0.25) is 5.91 Å². The second-order valence-electron chi connectivity index (χ2n) is 8.19. The molecule has 0 aliphatic carbocycles. The number of rotatable bonds is 5. The van der Waals surface area contributed by atoms with E-state index in [0.29, 0.717) is 5.56 Å². The minimum atomic E-state index is -0.837. The van der Waals surface area contributed by atoms with Crippen molar-refractivity contribution in [3.05, 3.63) is 35.9 Å². The molecule has 0 spiro atoms. The Morgan fingerprint density at radius 2 is 1.80 bits per heavy atom. The van der Waals surface area contributed by atoms with Gasteiger partial charge in [0.15, 0.2) is 0 Å². The zero-order valence-electron chi connectivity index (χ0n) is 18.0. The van der Waals surface area contributed by atoms with Gasteiger partial charge in [-0.05, 0) is 32.9 Å². The minimum absolute atomic E-state index is 0.138. The Hall–Kier alpha value is -3.10. The van der Waals surface area contributed by atoms with Crippen molar-refractivity contribution in [1.29, 1.82) is 0 Å². The summed E-state index contributed by atoms with van der Waals surface area (Å²) in [7, 11) is 2.69. The number of carbonyl (C=O) groups is 4. The first-order valence-corrected chi connectivity index (χ1v) is 9.69. The summed E-state index contributed by atoms with van der Waals surface area (Å²) in [5, 5.41) is 2.85. The number of hydrogen-bond acceptors (Lipinski definition) is 6. The number of hydrogen-bond donors (Lipinski definition) is 1. The molecule has 2 rings (SSSR count). The monoisotopic (exact) mass is 419 g/mol. The van der Waals surface area contributed by atoms with E-state index >= 15 is 0 Å². The fraction of sp³-hybridized carbons (Fsp3) is 0.524. The standard InChI is InChI=1S/C21H29N3O6/c1-21(2,3)30-20(28)23(4)13-17(25)24-12-15(11-16(24)19(27)29-5)22-18(26)14-9-7-6-8-10-14/h6-10,15-16H,11-13H2,1-5H3,(H,22,26)/t15-,16+/m1/s1. The van der Waals surface area contributed by atoms with Crippen molar-refractivity contribution in [1.82, 2.24) is 15.1 Å². The fourth-order valence-electron chi connectivity index (χ4n) is 3.13. The lowest BCUT2D eigenvalue weighted by atomic mass is 10.1. The summed E-state index contributed by atoms with van der Waals surface area (Å²) >= 11 is 0. The molecule has 1 aliphatic rings. The number of ether oxygens (including phenoxy) is 2. The van der Waals surface area contributed by atoms with Crippen LogP contribution in [0.25, 0.3) is 0 Å². The molecule has 30 heavy (non-hydrogen) atoms. The van der Waals surface area contributed by atoms with E-state index in [1.54, 1.807) is 51.1 Å². The van der Waals surface area contributed by atoms with Crippen molar-refractivity contribution >= 4 is 23.9 Å². The Morgan fingerprint density at radius 1 is 1.17 bits per heavy atom. The van der Waals surface area contributed by atoms with Gasteiger partial charge in [-0.2, -0.15) is 0 Å². The number of carbonyl (C=O) groups excluding carboxylic acids is 4. The van der Waals surface area contributed by atoms with Crippen LogP contribution in [0.2, 0.25) is 0 Å². The zero-order valence-corrected chi connectivity index (χ0v) is 18.0. The molecular formula is C21H29N3O6. The lowest BCUT2D eigenvalue weighted by Crippen LogP contribution is -2.47. The van der Waals surface area contributed by atoms with Crippen LogP contribution in [-0.2, 0) is 19.1 Å². The molecule has 1 aliphatic heterocycles. The van der Waals surface area contributed by atoms with Crippen molar-refractivity contribution in [3.8, 4) is 0 Å². The molecule has 0 saturated carbocycles. The van der Waals surface area contributed by atoms with Crippen LogP contribution in [0.5, 0.6) is 0 Å². The summed E-state index contributed by atoms with van der Waals surface area (Å²) in [5.74, 6) is -1.29. The van der Waals surface area contributed by atoms with Crippen molar-refractivity contribution in [3.63, 3.8) is 0 Å². The van der Waals surface area contributed by atoms with Crippen molar-refractivity contribution in [2.75, 3.05) is 27.2 Å². The van der Waals surface area contributed by atoms with Crippen LogP contribution in [0.3, 0.4) is 0 Å². The molecule has 1 fully saturated rings. The summed E-state index contributed by atoms with van der Waals surface area (Å²) in [6.07, 6.45) is -0.411. The fourth-order valence-corrected chi connectivity index (χ4v) is 3.13. The summed E-state index contributed by atoms with van der Waals surface area (Å²) in [4.78, 5) is 52.1. The number of benzene rings is 1. The largest absolute Gasteiger partial charge is 0.467 e. The first-order chi connectivity index (χ1) is 14.0. The highest BCUT2D eigenvalue weighted by atomic mass is 16.6. The number of amides is 3. The van der Waals surface area contributed by atoms with E-state index in [4.69, 9.17) is 9.47 Å². The second-order valence-corrected chi connectivity index (χ2v) is 8.19. The molecule has 3 amide bonds. The quantitative estimate of drug-likeness (QED) is 0.724. The van der Waals surface area contributed by atoms with Gasteiger partial charge in [0, 0.05) is 31.6 Å². The number of esters is 1. The minimum Gasteiger partial charge on any atom is -0.467 e. The first-order valence-electron chi connectivity index (χ1n) is 9.69. The highest BCUT2D eigenvalue weighted by Crippen LogP contribution is 2.20. The molecule has 0 bridgehead atoms. The van der Waals surface area contributed by atoms with Gasteiger partial charge >= 0.3 is 12.1 Å². The van der Waals surface area contributed by atoms with Gasteiger partial charge in [-0.15, -0.1) is 0 Å². The van der Waals surface area contributed by atoms with Gasteiger partial charge in [-0.25, -0.2) is 9.59 Å². The number of likely N-dealkylation sites (tertiary alicyclic amines) is 1. The van der Waals surface area contributed by atoms with Crippen molar-refractivity contribution < 1.29 is 28.7 Å². The Balaban J connectivity index is 2.05. The first kappa shape index (κ1) is 23.2. The lowest BCUT2D eigenvalue weighted by molar-refractivity contribution is -0.151. The molecule has 1 saturated heterocycles. The van der Waals surface area contributed by atoms with Gasteiger partial charge in [-0.1, -0.05) is 18.2 Å². The summed E-state index contributed by atoms with van der Waals surface area (Å²) < 4.78 is 10.1. The van der Waals surface area contributed by atoms with Gasteiger partial charge in [0.25, 0.3) is 5.91 Å². The average Bonchev–Trinajstić information content (AvgIpc) is 3.10. The Kier molecular flexibility index (Phi) is 7.42. The molecule has 2 atom stereocenters. The molecule has 1 aromatic carbocycles. The van der Waals surface area contributed by atoms with Gasteiger partial charge in [-0.3, -0.25) is 9.59 Å². The van der Waals surface area contributed by atoms with E-state index in [2.05, 4.69) is 5.32 Å². The van der Waals surface area contributed by atoms with Crippen LogP contribution in [0.4, 0.5) is 4.79 Å². The van der Waals surface area contributed by atoms with E-state index in [1.807, 2.05) is 0 Å². The number of nitrogens with one attached hydrogen (secondary N) is 1. The predicted octanol–water partition coefficient (Wildman–Crippen LogP) is 1.43. The summed E-state index contributed by atoms with van der Waals surface area (Å²) in [6.45, 7) is 5.07. The van der Waals surface area contributed by atoms with E-state index in [-0.39, 0.29) is 25.4 Å². The van der Waals surface area contributed by atoms with E-state index in [9.17, 15) is 19.2 Å². The van der Waals surface area contributed by atoms with Crippen LogP contribution < -0.4 is 5.32 Å². The maximum absolute atomic E-state index is 12.8. The third-order valence-corrected chi connectivity index (χ3v) is 4.54. The third-order valence-electron chi connectivity index (χ3n) is 4.54. The Morgan fingerprint density at radius 3 is 2.37 bits per heavy atom. The van der Waals surface area contributed by atoms with Crippen LogP contribution >= 0.6 is 0 Å². The van der Waals surface area contributed by atoms with Crippen LogP contribution in [0, 0.1) is 0 Å². The van der Waals surface area contributed by atoms with Crippen molar-refractivity contribution in [2.45, 2.75) is 44.9 Å². The SMILES string of the molecule is COC(=O)[C@@H]1C[C@@H](NC(=O)c2ccccc2)CN1C(=O)CN(C)C(=O)OC(C)(C)C. The smallest absolute Gasteiger partial charge is 0.410 e. The summed E-state index contributed by atoms with van der Waals surface area (Å²) in [5.41, 5.74) is -0.204. The van der Waals surface area contributed by atoms with E-state index in [1.165, 1.54) is 19.1 Å². The van der Waals surface area contributed by atoms with Crippen LogP contribution in [-0.4, -0.2) is 78.6 Å². The zero-order chi connectivity index (χ0) is 22.5. The van der Waals surface area contributed by atoms with Gasteiger partial charge in [0.05, 0.1) is 7.11 Å². The molecule has 1 heterocycles. The average molecular weight is 419 g/mol. The number of likely N-dealkylation sites (N-methyl/N-ethyl adjacent to an activating group) is 1. The molecule has 0 unspecified atom stereocenters. The normalized spacial score (nSPS) is 18.5. The molecule has 1 aromatic rings. The van der Waals surface area contributed by atoms with Gasteiger partial charge in [0.1, 0.15) is 18.2 Å². The number of nitrogens with zero attached hydrogens (tertiary/aromatic N) is 2. The van der Waals surface area contributed by atoms with Crippen molar-refractivity contribution in [2.24, 2.45) is 0 Å². The molecule has 164 valence electrons. The number of methoxy groups -OCH3 is 1. The lowest BCUT2D eigenvalue weighted by Gasteiger charge is -2.27. The van der Waals surface area contributed by atoms with E-state index < -0.39 is 35.7 Å². The Labute approximate surface area is 176 Å². The predicted molar refractivity (Wildman–Crippen MR) is 109 cm³/mol. The summed E-state index contributed by atoms with van der Waals surface area (Å²) in [6, 6.07) is 7.42. The molecule has 0 radical (unpaired) electrons. The molecule has 9 nitrogen and oxygen atoms in total.